The fraction of sp³-hybridized carbons (Fsp3) is 0.500. The summed E-state index contributed by atoms with van der Waals surface area (Å²) in [6, 6.07) is 4.55. The first-order valence-corrected chi connectivity index (χ1v) is 6.65. The maximum absolute atomic E-state index is 12.4. The number of hydrogen-bond acceptors (Lipinski definition) is 4. The van der Waals surface area contributed by atoms with Crippen molar-refractivity contribution >= 4 is 17.3 Å². The second kappa shape index (κ2) is 6.88. The van der Waals surface area contributed by atoms with E-state index in [2.05, 4.69) is 5.32 Å². The Kier molecular flexibility index (Phi) is 5.49. The van der Waals surface area contributed by atoms with Crippen LogP contribution in [-0.4, -0.2) is 35.9 Å². The average Bonchev–Trinajstić information content (AvgIpc) is 2.37. The van der Waals surface area contributed by atoms with Crippen LogP contribution in [0.5, 0.6) is 0 Å². The molecule has 6 nitrogen and oxygen atoms in total. The van der Waals surface area contributed by atoms with Crippen molar-refractivity contribution in [1.82, 2.24) is 4.90 Å². The van der Waals surface area contributed by atoms with Crippen molar-refractivity contribution in [3.63, 3.8) is 0 Å². The van der Waals surface area contributed by atoms with Gasteiger partial charge in [0.1, 0.15) is 5.69 Å². The van der Waals surface area contributed by atoms with Crippen molar-refractivity contribution in [2.24, 2.45) is 5.92 Å². The van der Waals surface area contributed by atoms with E-state index in [4.69, 9.17) is 0 Å². The van der Waals surface area contributed by atoms with Crippen molar-refractivity contribution in [2.75, 3.05) is 25.5 Å². The predicted molar refractivity (Wildman–Crippen MR) is 79.1 cm³/mol. The second-order valence-electron chi connectivity index (χ2n) is 5.07. The van der Waals surface area contributed by atoms with Gasteiger partial charge in [0, 0.05) is 26.2 Å². The number of anilines is 1. The Balaban J connectivity index is 3.19. The van der Waals surface area contributed by atoms with Gasteiger partial charge < -0.3 is 10.2 Å². The largest absolute Gasteiger partial charge is 0.379 e. The minimum atomic E-state index is -0.475. The quantitative estimate of drug-likeness (QED) is 0.641. The Bertz CT molecular complexity index is 500. The maximum Gasteiger partial charge on any atom is 0.293 e. The first-order valence-electron chi connectivity index (χ1n) is 6.65. The Morgan fingerprint density at radius 2 is 2.10 bits per heavy atom. The van der Waals surface area contributed by atoms with E-state index in [0.29, 0.717) is 30.3 Å². The Morgan fingerprint density at radius 3 is 2.60 bits per heavy atom. The average molecular weight is 279 g/mol. The van der Waals surface area contributed by atoms with Gasteiger partial charge in [0.2, 0.25) is 0 Å². The highest BCUT2D eigenvalue weighted by Crippen LogP contribution is 2.29. The molecule has 1 rings (SSSR count). The molecule has 0 unspecified atom stereocenters. The summed E-state index contributed by atoms with van der Waals surface area (Å²) in [6.45, 7) is 6.99. The van der Waals surface area contributed by atoms with Crippen molar-refractivity contribution in [1.29, 1.82) is 0 Å². The number of nitro groups is 1. The first-order chi connectivity index (χ1) is 9.38. The minimum Gasteiger partial charge on any atom is -0.379 e. The molecular weight excluding hydrogens is 258 g/mol. The number of hydrogen-bond donors (Lipinski definition) is 1. The molecule has 0 saturated carbocycles. The van der Waals surface area contributed by atoms with E-state index >= 15 is 0 Å². The van der Waals surface area contributed by atoms with Gasteiger partial charge >= 0.3 is 0 Å². The van der Waals surface area contributed by atoms with E-state index in [-0.39, 0.29) is 11.6 Å². The number of nitro benzene ring substituents is 1. The summed E-state index contributed by atoms with van der Waals surface area (Å²) in [6.07, 6.45) is 0. The van der Waals surface area contributed by atoms with Crippen LogP contribution in [-0.2, 0) is 0 Å². The van der Waals surface area contributed by atoms with Crippen molar-refractivity contribution < 1.29 is 9.72 Å². The lowest BCUT2D eigenvalue weighted by atomic mass is 10.1. The molecule has 0 saturated heterocycles. The number of amides is 1. The Morgan fingerprint density at radius 1 is 1.45 bits per heavy atom. The summed E-state index contributed by atoms with van der Waals surface area (Å²) in [7, 11) is 1.71. The van der Waals surface area contributed by atoms with E-state index in [1.807, 2.05) is 20.8 Å². The summed E-state index contributed by atoms with van der Waals surface area (Å²) < 4.78 is 0. The van der Waals surface area contributed by atoms with Crippen LogP contribution >= 0.6 is 0 Å². The van der Waals surface area contributed by atoms with E-state index in [1.54, 1.807) is 18.0 Å². The summed E-state index contributed by atoms with van der Waals surface area (Å²) in [5.74, 6) is 0.128. The van der Waals surface area contributed by atoms with Crippen molar-refractivity contribution in [3.8, 4) is 0 Å². The number of rotatable bonds is 6. The predicted octanol–water partition coefficient (Wildman–Crippen LogP) is 2.75. The van der Waals surface area contributed by atoms with Gasteiger partial charge in [0.15, 0.2) is 0 Å². The third-order valence-corrected chi connectivity index (χ3v) is 2.81. The Hall–Kier alpha value is -2.11. The van der Waals surface area contributed by atoms with Crippen molar-refractivity contribution in [3.05, 3.63) is 33.9 Å². The molecule has 0 radical (unpaired) electrons. The van der Waals surface area contributed by atoms with Crippen LogP contribution in [0, 0.1) is 16.0 Å². The number of carbonyl (C=O) groups excluding carboxylic acids is 1. The van der Waals surface area contributed by atoms with Crippen LogP contribution in [0.3, 0.4) is 0 Å². The molecule has 6 heteroatoms. The van der Waals surface area contributed by atoms with Crippen LogP contribution in [0.4, 0.5) is 11.4 Å². The van der Waals surface area contributed by atoms with Crippen LogP contribution in [0.25, 0.3) is 0 Å². The van der Waals surface area contributed by atoms with Crippen LogP contribution in [0.1, 0.15) is 31.1 Å². The molecule has 0 spiro atoms. The van der Waals surface area contributed by atoms with Crippen LogP contribution in [0.15, 0.2) is 18.2 Å². The number of nitrogens with zero attached hydrogens (tertiary/aromatic N) is 2. The lowest BCUT2D eigenvalue weighted by Crippen LogP contribution is -2.31. The number of nitrogens with one attached hydrogen (secondary N) is 1. The smallest absolute Gasteiger partial charge is 0.293 e. The van der Waals surface area contributed by atoms with Crippen LogP contribution in [0.2, 0.25) is 0 Å². The topological polar surface area (TPSA) is 75.5 Å². The van der Waals surface area contributed by atoms with Gasteiger partial charge in [-0.15, -0.1) is 0 Å². The first kappa shape index (κ1) is 15.9. The van der Waals surface area contributed by atoms with Gasteiger partial charge in [0.25, 0.3) is 11.6 Å². The van der Waals surface area contributed by atoms with Crippen LogP contribution < -0.4 is 5.32 Å². The standard InChI is InChI=1S/C14H21N3O3/c1-5-15-13-11(7-6-8-12(13)17(19)20)14(18)16(4)9-10(2)3/h6-8,10,15H,5,9H2,1-4H3. The fourth-order valence-electron chi connectivity index (χ4n) is 2.07. The molecule has 0 aromatic heterocycles. The molecule has 0 aliphatic carbocycles. The molecule has 0 aliphatic rings. The van der Waals surface area contributed by atoms with E-state index in [0.717, 1.165) is 0 Å². The zero-order chi connectivity index (χ0) is 15.3. The van der Waals surface area contributed by atoms with E-state index in [9.17, 15) is 14.9 Å². The fourth-order valence-corrected chi connectivity index (χ4v) is 2.07. The molecule has 0 aliphatic heterocycles. The molecule has 20 heavy (non-hydrogen) atoms. The highest BCUT2D eigenvalue weighted by atomic mass is 16.6. The maximum atomic E-state index is 12.4. The normalized spacial score (nSPS) is 10.4. The summed E-state index contributed by atoms with van der Waals surface area (Å²) in [5, 5.41) is 14.0. The summed E-state index contributed by atoms with van der Waals surface area (Å²) in [5.41, 5.74) is 0.556. The SMILES string of the molecule is CCNc1c(C(=O)N(C)CC(C)C)cccc1[N+](=O)[O-]. The highest BCUT2D eigenvalue weighted by Gasteiger charge is 2.23. The van der Waals surface area contributed by atoms with Gasteiger partial charge in [-0.3, -0.25) is 14.9 Å². The lowest BCUT2D eigenvalue weighted by Gasteiger charge is -2.21. The molecule has 0 fully saturated rings. The summed E-state index contributed by atoms with van der Waals surface area (Å²) in [4.78, 5) is 24.6. The summed E-state index contributed by atoms with van der Waals surface area (Å²) >= 11 is 0. The van der Waals surface area contributed by atoms with Gasteiger partial charge in [-0.1, -0.05) is 19.9 Å². The molecule has 0 heterocycles. The number of benzene rings is 1. The monoisotopic (exact) mass is 279 g/mol. The minimum absolute atomic E-state index is 0.0735. The number of para-hydroxylation sites is 1. The highest BCUT2D eigenvalue weighted by molar-refractivity contribution is 6.01. The van der Waals surface area contributed by atoms with E-state index in [1.165, 1.54) is 12.1 Å². The number of carbonyl (C=O) groups is 1. The molecule has 1 N–H and O–H groups in total. The zero-order valence-corrected chi connectivity index (χ0v) is 12.3. The third-order valence-electron chi connectivity index (χ3n) is 2.81. The molecule has 1 amide bonds. The molecule has 1 aromatic rings. The van der Waals surface area contributed by atoms with Gasteiger partial charge in [0.05, 0.1) is 10.5 Å². The zero-order valence-electron chi connectivity index (χ0n) is 12.3. The molecule has 110 valence electrons. The third kappa shape index (κ3) is 3.69. The molecule has 0 bridgehead atoms. The van der Waals surface area contributed by atoms with Gasteiger partial charge in [-0.2, -0.15) is 0 Å². The lowest BCUT2D eigenvalue weighted by molar-refractivity contribution is -0.384. The molecule has 0 atom stereocenters. The second-order valence-corrected chi connectivity index (χ2v) is 5.07. The Labute approximate surface area is 118 Å². The molecule has 1 aromatic carbocycles. The van der Waals surface area contributed by atoms with Crippen molar-refractivity contribution in [2.45, 2.75) is 20.8 Å². The molecular formula is C14H21N3O3. The van der Waals surface area contributed by atoms with E-state index < -0.39 is 4.92 Å². The van der Waals surface area contributed by atoms with Gasteiger partial charge in [-0.25, -0.2) is 0 Å². The van der Waals surface area contributed by atoms with Gasteiger partial charge in [-0.05, 0) is 18.9 Å².